The van der Waals surface area contributed by atoms with Crippen molar-refractivity contribution >= 4 is 11.6 Å². The molecule has 37 heavy (non-hydrogen) atoms. The summed E-state index contributed by atoms with van der Waals surface area (Å²) in [4.78, 5) is 4.84. The van der Waals surface area contributed by atoms with Crippen LogP contribution in [-0.4, -0.2) is 41.1 Å². The van der Waals surface area contributed by atoms with Crippen molar-refractivity contribution in [2.24, 2.45) is 0 Å². The van der Waals surface area contributed by atoms with Gasteiger partial charge in [0.15, 0.2) is 0 Å². The van der Waals surface area contributed by atoms with Crippen molar-refractivity contribution in [3.05, 3.63) is 136 Å². The molecular formula is C32H33ClN2O2. The Bertz CT molecular complexity index is 1240. The number of benzene rings is 4. The summed E-state index contributed by atoms with van der Waals surface area (Å²) >= 11 is 6.62. The van der Waals surface area contributed by atoms with Crippen LogP contribution in [0.2, 0.25) is 5.02 Å². The van der Waals surface area contributed by atoms with Gasteiger partial charge in [-0.25, -0.2) is 0 Å². The number of ether oxygens (including phenoxy) is 1. The zero-order valence-electron chi connectivity index (χ0n) is 20.9. The second kappa shape index (κ2) is 12.4. The van der Waals surface area contributed by atoms with E-state index in [1.807, 2.05) is 72.8 Å². The van der Waals surface area contributed by atoms with Crippen LogP contribution in [0, 0.1) is 0 Å². The number of halogens is 1. The van der Waals surface area contributed by atoms with Crippen LogP contribution in [0.1, 0.15) is 34.4 Å². The third-order valence-corrected chi connectivity index (χ3v) is 7.39. The minimum absolute atomic E-state index is 0.195. The van der Waals surface area contributed by atoms with Crippen molar-refractivity contribution in [1.29, 1.82) is 0 Å². The van der Waals surface area contributed by atoms with E-state index in [4.69, 9.17) is 16.3 Å². The first-order valence-electron chi connectivity index (χ1n) is 12.9. The van der Waals surface area contributed by atoms with Gasteiger partial charge in [0.1, 0.15) is 12.4 Å². The molecule has 0 amide bonds. The van der Waals surface area contributed by atoms with E-state index in [9.17, 15) is 5.11 Å². The fraction of sp³-hybridized carbons (Fsp3) is 0.250. The lowest BCUT2D eigenvalue weighted by molar-refractivity contribution is 0.0149. The Hall–Kier alpha value is -3.15. The van der Waals surface area contributed by atoms with E-state index in [1.54, 1.807) is 0 Å². The minimum atomic E-state index is -0.656. The number of aliphatic hydroxyl groups is 1. The predicted octanol–water partition coefficient (Wildman–Crippen LogP) is 6.51. The lowest BCUT2D eigenvalue weighted by atomic mass is 9.93. The lowest BCUT2D eigenvalue weighted by Gasteiger charge is -2.41. The van der Waals surface area contributed by atoms with Gasteiger partial charge in [-0.1, -0.05) is 103 Å². The third-order valence-electron chi connectivity index (χ3n) is 7.04. The summed E-state index contributed by atoms with van der Waals surface area (Å²) in [6.45, 7) is 5.04. The van der Waals surface area contributed by atoms with Gasteiger partial charge in [0.25, 0.3) is 0 Å². The molecule has 2 unspecified atom stereocenters. The Balaban J connectivity index is 1.20. The molecule has 2 atom stereocenters. The lowest BCUT2D eigenvalue weighted by Crippen LogP contribution is -2.48. The van der Waals surface area contributed by atoms with Gasteiger partial charge < -0.3 is 9.84 Å². The Labute approximate surface area is 224 Å². The smallest absolute Gasteiger partial charge is 0.119 e. The van der Waals surface area contributed by atoms with Crippen molar-refractivity contribution in [3.63, 3.8) is 0 Å². The van der Waals surface area contributed by atoms with E-state index >= 15 is 0 Å². The van der Waals surface area contributed by atoms with E-state index < -0.39 is 6.10 Å². The van der Waals surface area contributed by atoms with E-state index in [2.05, 4.69) is 46.2 Å². The molecule has 1 fully saturated rings. The standard InChI is InChI=1S/C32H33ClN2O2/c33-30-14-8-7-13-29(30)31(32(36)27-11-5-2-6-12-27)35-21-19-34(20-22-35)23-25-15-17-28(18-16-25)37-24-26-9-3-1-4-10-26/h1-18,31-32,36H,19-24H2. The van der Waals surface area contributed by atoms with Crippen LogP contribution in [0.15, 0.2) is 109 Å². The highest BCUT2D eigenvalue weighted by Gasteiger charge is 2.32. The molecule has 5 rings (SSSR count). The first-order valence-corrected chi connectivity index (χ1v) is 13.2. The Morgan fingerprint density at radius 1 is 0.703 bits per heavy atom. The van der Waals surface area contributed by atoms with Gasteiger partial charge in [-0.2, -0.15) is 0 Å². The fourth-order valence-electron chi connectivity index (χ4n) is 5.00. The first kappa shape index (κ1) is 25.5. The highest BCUT2D eigenvalue weighted by Crippen LogP contribution is 2.38. The van der Waals surface area contributed by atoms with Crippen LogP contribution in [0.3, 0.4) is 0 Å². The van der Waals surface area contributed by atoms with Crippen molar-refractivity contribution in [3.8, 4) is 5.75 Å². The molecule has 1 aliphatic heterocycles. The zero-order valence-corrected chi connectivity index (χ0v) is 21.7. The van der Waals surface area contributed by atoms with Crippen LogP contribution < -0.4 is 4.74 Å². The number of nitrogens with zero attached hydrogens (tertiary/aromatic N) is 2. The maximum atomic E-state index is 11.4. The molecule has 0 radical (unpaired) electrons. The molecule has 0 aromatic heterocycles. The highest BCUT2D eigenvalue weighted by atomic mass is 35.5. The summed E-state index contributed by atoms with van der Waals surface area (Å²) in [7, 11) is 0. The Morgan fingerprint density at radius 3 is 2.00 bits per heavy atom. The topological polar surface area (TPSA) is 35.9 Å². The largest absolute Gasteiger partial charge is 0.489 e. The van der Waals surface area contributed by atoms with E-state index in [1.165, 1.54) is 5.56 Å². The molecule has 5 heteroatoms. The first-order chi connectivity index (χ1) is 18.2. The Kier molecular flexibility index (Phi) is 8.54. The van der Waals surface area contributed by atoms with Crippen LogP contribution in [0.25, 0.3) is 0 Å². The van der Waals surface area contributed by atoms with Gasteiger partial charge in [0.2, 0.25) is 0 Å². The number of aliphatic hydroxyl groups excluding tert-OH is 1. The normalized spacial score (nSPS) is 16.3. The van der Waals surface area contributed by atoms with Crippen LogP contribution >= 0.6 is 11.6 Å². The van der Waals surface area contributed by atoms with Crippen molar-refractivity contribution in [2.45, 2.75) is 25.3 Å². The third kappa shape index (κ3) is 6.60. The molecular weight excluding hydrogens is 480 g/mol. The molecule has 4 nitrogen and oxygen atoms in total. The summed E-state index contributed by atoms with van der Waals surface area (Å²) in [5.74, 6) is 0.884. The molecule has 0 saturated carbocycles. The monoisotopic (exact) mass is 512 g/mol. The average molecular weight is 513 g/mol. The molecule has 0 aliphatic carbocycles. The predicted molar refractivity (Wildman–Crippen MR) is 150 cm³/mol. The van der Waals surface area contributed by atoms with Gasteiger partial charge in [-0.05, 0) is 40.5 Å². The quantitative estimate of drug-likeness (QED) is 0.277. The SMILES string of the molecule is OC(c1ccccc1)C(c1ccccc1Cl)N1CCN(Cc2ccc(OCc3ccccc3)cc2)CC1. The number of hydrogen-bond donors (Lipinski definition) is 1. The summed E-state index contributed by atoms with van der Waals surface area (Å²) in [6.07, 6.45) is -0.656. The minimum Gasteiger partial charge on any atom is -0.489 e. The van der Waals surface area contributed by atoms with E-state index in [0.29, 0.717) is 11.6 Å². The van der Waals surface area contributed by atoms with E-state index in [-0.39, 0.29) is 6.04 Å². The van der Waals surface area contributed by atoms with Crippen LogP contribution in [0.4, 0.5) is 0 Å². The molecule has 0 bridgehead atoms. The number of hydrogen-bond acceptors (Lipinski definition) is 4. The molecule has 1 N–H and O–H groups in total. The number of piperazine rings is 1. The summed E-state index contributed by atoms with van der Waals surface area (Å²) < 4.78 is 5.93. The molecule has 1 saturated heterocycles. The maximum absolute atomic E-state index is 11.4. The average Bonchev–Trinajstić information content (AvgIpc) is 2.96. The van der Waals surface area contributed by atoms with Crippen molar-refractivity contribution in [1.82, 2.24) is 9.80 Å². The van der Waals surface area contributed by atoms with Gasteiger partial charge in [-0.15, -0.1) is 0 Å². The van der Waals surface area contributed by atoms with Gasteiger partial charge >= 0.3 is 0 Å². The molecule has 0 spiro atoms. The van der Waals surface area contributed by atoms with Crippen LogP contribution in [0.5, 0.6) is 5.75 Å². The van der Waals surface area contributed by atoms with E-state index in [0.717, 1.165) is 55.2 Å². The van der Waals surface area contributed by atoms with Crippen molar-refractivity contribution in [2.75, 3.05) is 26.2 Å². The Morgan fingerprint density at radius 2 is 1.32 bits per heavy atom. The van der Waals surface area contributed by atoms with Crippen molar-refractivity contribution < 1.29 is 9.84 Å². The fourth-order valence-corrected chi connectivity index (χ4v) is 5.25. The van der Waals surface area contributed by atoms with Gasteiger partial charge in [0, 0.05) is 37.7 Å². The molecule has 1 heterocycles. The second-order valence-electron chi connectivity index (χ2n) is 9.55. The summed E-state index contributed by atoms with van der Waals surface area (Å²) in [5.41, 5.74) is 4.31. The highest BCUT2D eigenvalue weighted by molar-refractivity contribution is 6.31. The second-order valence-corrected chi connectivity index (χ2v) is 9.96. The summed E-state index contributed by atoms with van der Waals surface area (Å²) in [5, 5.41) is 12.1. The van der Waals surface area contributed by atoms with Gasteiger partial charge in [0.05, 0.1) is 12.1 Å². The zero-order chi connectivity index (χ0) is 25.5. The summed E-state index contributed by atoms with van der Waals surface area (Å²) in [6, 6.07) is 36.2. The molecule has 190 valence electrons. The number of rotatable bonds is 9. The molecule has 4 aromatic carbocycles. The molecule has 1 aliphatic rings. The molecule has 4 aromatic rings. The maximum Gasteiger partial charge on any atom is 0.119 e. The van der Waals surface area contributed by atoms with Gasteiger partial charge in [-0.3, -0.25) is 9.80 Å². The van der Waals surface area contributed by atoms with Crippen LogP contribution in [-0.2, 0) is 13.2 Å².